The van der Waals surface area contributed by atoms with Crippen LogP contribution < -0.4 is 10.6 Å². The van der Waals surface area contributed by atoms with Crippen LogP contribution in [0.5, 0.6) is 0 Å². The number of aliphatic hydroxyl groups is 5. The molecule has 1 spiro atoms. The van der Waals surface area contributed by atoms with Crippen LogP contribution in [-0.2, 0) is 28.5 Å². The van der Waals surface area contributed by atoms with Crippen molar-refractivity contribution < 1.29 is 59.2 Å². The number of carboxylic acids is 1. The second-order valence-electron chi connectivity index (χ2n) is 11.8. The van der Waals surface area contributed by atoms with Gasteiger partial charge in [-0.3, -0.25) is 4.79 Å². The van der Waals surface area contributed by atoms with E-state index in [4.69, 9.17) is 18.9 Å². The summed E-state index contributed by atoms with van der Waals surface area (Å²) < 4.78 is 23.6. The van der Waals surface area contributed by atoms with Gasteiger partial charge in [0.05, 0.1) is 31.6 Å². The fourth-order valence-corrected chi connectivity index (χ4v) is 6.43. The average Bonchev–Trinajstić information content (AvgIpc) is 3.44. The highest BCUT2D eigenvalue weighted by molar-refractivity contribution is 5.90. The minimum absolute atomic E-state index is 0.0342. The van der Waals surface area contributed by atoms with Crippen LogP contribution >= 0.6 is 0 Å². The van der Waals surface area contributed by atoms with E-state index in [0.717, 1.165) is 5.69 Å². The van der Waals surface area contributed by atoms with E-state index in [1.165, 1.54) is 19.3 Å². The number of nitrogens with one attached hydrogen (secondary N) is 1. The molecule has 1 saturated heterocycles. The van der Waals surface area contributed by atoms with Gasteiger partial charge in [-0.25, -0.2) is 4.79 Å². The summed E-state index contributed by atoms with van der Waals surface area (Å²) in [5, 5.41) is 64.9. The van der Waals surface area contributed by atoms with Gasteiger partial charge in [0.2, 0.25) is 5.79 Å². The van der Waals surface area contributed by atoms with Crippen molar-refractivity contribution in [1.29, 1.82) is 0 Å². The molecule has 1 aromatic rings. The van der Waals surface area contributed by atoms with Crippen molar-refractivity contribution in [3.63, 3.8) is 0 Å². The number of hydrogen-bond acceptors (Lipinski definition) is 11. The van der Waals surface area contributed by atoms with E-state index >= 15 is 0 Å². The maximum Gasteiger partial charge on any atom is 0.333 e. The summed E-state index contributed by atoms with van der Waals surface area (Å²) in [7, 11) is 1.18. The van der Waals surface area contributed by atoms with Crippen LogP contribution in [0, 0.1) is 11.8 Å². The Morgan fingerprint density at radius 3 is 2.52 bits per heavy atom. The molecule has 0 saturated carbocycles. The molecule has 1 aromatic heterocycles. The molecule has 1 aliphatic carbocycles. The van der Waals surface area contributed by atoms with Gasteiger partial charge >= 0.3 is 11.9 Å². The molecule has 13 heteroatoms. The van der Waals surface area contributed by atoms with Crippen molar-refractivity contribution in [2.75, 3.05) is 26.9 Å². The first-order valence-electron chi connectivity index (χ1n) is 14.7. The number of carboxylic acid groups (broad SMARTS) is 1. The van der Waals surface area contributed by atoms with E-state index in [-0.39, 0.29) is 30.9 Å². The number of rotatable bonds is 12. The molecule has 4 rings (SSSR count). The molecule has 3 heterocycles. The van der Waals surface area contributed by atoms with Crippen molar-refractivity contribution >= 4 is 23.8 Å². The molecule has 2 aliphatic heterocycles. The van der Waals surface area contributed by atoms with Crippen LogP contribution in [0.1, 0.15) is 51.1 Å². The Bertz CT molecular complexity index is 1380. The fraction of sp³-hybridized carbons (Fsp3) is 0.613. The largest absolute Gasteiger partial charge is 0.481 e. The highest BCUT2D eigenvalue weighted by Gasteiger charge is 2.64. The number of ether oxygens (including phenoxy) is 4. The number of aliphatic carboxylic acids is 1. The number of carbonyl (C=O) groups is 2. The van der Waals surface area contributed by atoms with Gasteiger partial charge in [-0.1, -0.05) is 26.0 Å². The highest BCUT2D eigenvalue weighted by Crippen LogP contribution is 2.45. The third-order valence-electron chi connectivity index (χ3n) is 8.76. The molecule has 7 N–H and O–H groups in total. The predicted octanol–water partition coefficient (Wildman–Crippen LogP) is -0.849. The standard InChI is InChI=1S/C31H43NO12/c1-5-18-20(12-25(36)37)19(29(40)41-4)8-9-22(18)43-31(15-35)28(39)27(38)30(24(14-34)44-31)13-17-11-21(16(2)3)32-26(17)23(42-30)7-6-10-33/h5,8,11,13,16,18,20,22,24,27-28,32-35,38-39H,1,6-7,9-10,12,14-15H2,2-4H3,(H,36,37)/t18-,20+,22-,24-,27-,28-,30-,31-/m1/s1. The fourth-order valence-electron chi connectivity index (χ4n) is 6.43. The highest BCUT2D eigenvalue weighted by atomic mass is 16.7. The number of H-pyrrole nitrogens is 1. The second kappa shape index (κ2) is 13.5. The Kier molecular flexibility index (Phi) is 10.4. The van der Waals surface area contributed by atoms with Crippen LogP contribution in [0.3, 0.4) is 0 Å². The molecular weight excluding hydrogens is 578 g/mol. The van der Waals surface area contributed by atoms with E-state index in [1.807, 2.05) is 19.9 Å². The Morgan fingerprint density at radius 2 is 1.95 bits per heavy atom. The van der Waals surface area contributed by atoms with Crippen molar-refractivity contribution in [2.45, 2.75) is 81.3 Å². The number of aliphatic hydroxyl groups excluding tert-OH is 5. The van der Waals surface area contributed by atoms with Crippen LogP contribution in [0.15, 0.2) is 30.4 Å². The predicted molar refractivity (Wildman–Crippen MR) is 155 cm³/mol. The Balaban J connectivity index is 1.74. The molecule has 0 bridgehead atoms. The van der Waals surface area contributed by atoms with Gasteiger partial charge in [0.15, 0.2) is 5.60 Å². The van der Waals surface area contributed by atoms with E-state index in [2.05, 4.69) is 11.6 Å². The molecule has 0 amide bonds. The lowest BCUT2D eigenvalue weighted by atomic mass is 9.74. The zero-order valence-electron chi connectivity index (χ0n) is 25.1. The van der Waals surface area contributed by atoms with Gasteiger partial charge in [0.1, 0.15) is 30.7 Å². The minimum atomic E-state index is -2.28. The molecular formula is C31H43NO12. The third kappa shape index (κ3) is 5.97. The van der Waals surface area contributed by atoms with Crippen molar-refractivity contribution in [3.8, 4) is 0 Å². The first-order chi connectivity index (χ1) is 20.9. The number of aromatic amines is 1. The molecule has 0 aromatic carbocycles. The number of aromatic nitrogens is 1. The zero-order valence-corrected chi connectivity index (χ0v) is 25.1. The van der Waals surface area contributed by atoms with Gasteiger partial charge in [-0.05, 0) is 30.9 Å². The smallest absolute Gasteiger partial charge is 0.333 e. The maximum atomic E-state index is 12.4. The number of methoxy groups -OCH3 is 1. The Morgan fingerprint density at radius 1 is 1.23 bits per heavy atom. The molecule has 44 heavy (non-hydrogen) atoms. The lowest BCUT2D eigenvalue weighted by molar-refractivity contribution is -0.394. The lowest BCUT2D eigenvalue weighted by Gasteiger charge is -2.55. The zero-order chi connectivity index (χ0) is 32.4. The van der Waals surface area contributed by atoms with Crippen LogP contribution in [0.4, 0.5) is 0 Å². The van der Waals surface area contributed by atoms with Crippen LogP contribution in [-0.4, -0.2) is 110 Å². The normalized spacial score (nSPS) is 33.3. The van der Waals surface area contributed by atoms with Crippen molar-refractivity contribution in [2.24, 2.45) is 11.8 Å². The van der Waals surface area contributed by atoms with Crippen LogP contribution in [0.25, 0.3) is 11.8 Å². The molecule has 13 nitrogen and oxygen atoms in total. The van der Waals surface area contributed by atoms with E-state index < -0.39 is 79.2 Å². The quantitative estimate of drug-likeness (QED) is 0.113. The summed E-state index contributed by atoms with van der Waals surface area (Å²) in [6.07, 6.45) is -1.35. The number of fused-ring (bicyclic) bond motifs is 1. The Hall–Kier alpha value is -3.04. The number of hydrogen-bond donors (Lipinski definition) is 7. The number of esters is 1. The second-order valence-corrected chi connectivity index (χ2v) is 11.8. The summed E-state index contributed by atoms with van der Waals surface area (Å²) >= 11 is 0. The van der Waals surface area contributed by atoms with Gasteiger partial charge in [0.25, 0.3) is 0 Å². The average molecular weight is 622 g/mol. The van der Waals surface area contributed by atoms with Gasteiger partial charge in [-0.2, -0.15) is 0 Å². The summed E-state index contributed by atoms with van der Waals surface area (Å²) in [5.41, 5.74) is -0.787. The van der Waals surface area contributed by atoms with E-state index in [9.17, 15) is 40.2 Å². The summed E-state index contributed by atoms with van der Waals surface area (Å²) in [6.45, 7) is 6.01. The lowest BCUT2D eigenvalue weighted by Crippen LogP contribution is -2.74. The molecule has 1 fully saturated rings. The molecule has 244 valence electrons. The van der Waals surface area contributed by atoms with Crippen molar-refractivity contribution in [3.05, 3.63) is 46.6 Å². The van der Waals surface area contributed by atoms with Gasteiger partial charge in [-0.15, -0.1) is 6.58 Å². The molecule has 8 atom stereocenters. The molecule has 0 radical (unpaired) electrons. The monoisotopic (exact) mass is 621 g/mol. The SMILES string of the molecule is C=C[C@@H]1[C@H](CC(=O)O)C(C(=O)OC)=CC[C@H]1O[C@]1(CO)O[C@H](CO)[C@]2(C=c3cc(C(C)C)[nH]c3=C(CCCO)O2)[C@H](O)[C@H]1O. The third-order valence-corrected chi connectivity index (χ3v) is 8.76. The van der Waals surface area contributed by atoms with Crippen LogP contribution in [0.2, 0.25) is 0 Å². The first-order valence-corrected chi connectivity index (χ1v) is 14.7. The minimum Gasteiger partial charge on any atom is -0.481 e. The summed E-state index contributed by atoms with van der Waals surface area (Å²) in [5.74, 6) is -5.34. The summed E-state index contributed by atoms with van der Waals surface area (Å²) in [6, 6.07) is 1.88. The van der Waals surface area contributed by atoms with Gasteiger partial charge in [0, 0.05) is 41.3 Å². The van der Waals surface area contributed by atoms with Crippen molar-refractivity contribution in [1.82, 2.24) is 4.98 Å². The topological polar surface area (TPSA) is 208 Å². The molecule has 3 aliphatic rings. The maximum absolute atomic E-state index is 12.4. The Labute approximate surface area is 254 Å². The van der Waals surface area contributed by atoms with E-state index in [0.29, 0.717) is 22.7 Å². The van der Waals surface area contributed by atoms with Gasteiger partial charge < -0.3 is 54.6 Å². The summed E-state index contributed by atoms with van der Waals surface area (Å²) in [4.78, 5) is 27.5. The molecule has 0 unspecified atom stereocenters. The first kappa shape index (κ1) is 33.8. The van der Waals surface area contributed by atoms with E-state index in [1.54, 1.807) is 6.08 Å². The number of carbonyl (C=O) groups excluding carboxylic acids is 1.